The fraction of sp³-hybridized carbons (Fsp3) is 0.769. The molecule has 2 atom stereocenters. The molecule has 0 aromatic carbocycles. The number of aryl methyl sites for hydroxylation is 1. The Hall–Kier alpha value is -0.870. The predicted octanol–water partition coefficient (Wildman–Crippen LogP) is 1.79. The number of hydrogen-bond donors (Lipinski definition) is 1. The van der Waals surface area contributed by atoms with Crippen LogP contribution in [0.2, 0.25) is 0 Å². The standard InChI is InChI=1S/C13H21N3O/c14-12-5-3-6-16-9-10(15-13(12)16)8-11-4-1-2-7-17-11/h9,11-12H,1-8,14H2. The number of rotatable bonds is 2. The van der Waals surface area contributed by atoms with Crippen LogP contribution in [0.1, 0.15) is 49.7 Å². The molecule has 1 aromatic heterocycles. The minimum absolute atomic E-state index is 0.129. The second-order valence-electron chi connectivity index (χ2n) is 5.23. The number of imidazole rings is 1. The summed E-state index contributed by atoms with van der Waals surface area (Å²) in [7, 11) is 0. The van der Waals surface area contributed by atoms with E-state index >= 15 is 0 Å². The van der Waals surface area contributed by atoms with Gasteiger partial charge in [-0.25, -0.2) is 4.98 Å². The summed E-state index contributed by atoms with van der Waals surface area (Å²) < 4.78 is 7.99. The van der Waals surface area contributed by atoms with Crippen molar-refractivity contribution in [3.8, 4) is 0 Å². The number of nitrogens with two attached hydrogens (primary N) is 1. The Bertz CT molecular complexity index is 382. The Morgan fingerprint density at radius 3 is 3.06 bits per heavy atom. The van der Waals surface area contributed by atoms with E-state index in [0.29, 0.717) is 6.10 Å². The van der Waals surface area contributed by atoms with Gasteiger partial charge in [0.1, 0.15) is 5.82 Å². The largest absolute Gasteiger partial charge is 0.378 e. The third-order valence-electron chi connectivity index (χ3n) is 3.81. The number of hydrogen-bond acceptors (Lipinski definition) is 3. The molecule has 0 saturated carbocycles. The SMILES string of the molecule is NC1CCCn2cc(CC3CCCCO3)nc21. The van der Waals surface area contributed by atoms with Crippen molar-refractivity contribution in [2.75, 3.05) is 6.61 Å². The number of fused-ring (bicyclic) bond motifs is 1. The minimum atomic E-state index is 0.129. The van der Waals surface area contributed by atoms with Crippen molar-refractivity contribution in [3.05, 3.63) is 17.7 Å². The van der Waals surface area contributed by atoms with E-state index in [4.69, 9.17) is 10.5 Å². The normalized spacial score (nSPS) is 29.0. The highest BCUT2D eigenvalue weighted by Crippen LogP contribution is 2.24. The van der Waals surface area contributed by atoms with Crippen LogP contribution in [0.15, 0.2) is 6.20 Å². The molecule has 0 aliphatic carbocycles. The molecule has 94 valence electrons. The Labute approximate surface area is 102 Å². The number of ether oxygens (including phenoxy) is 1. The minimum Gasteiger partial charge on any atom is -0.378 e. The molecule has 0 spiro atoms. The molecule has 1 fully saturated rings. The van der Waals surface area contributed by atoms with Gasteiger partial charge in [0.2, 0.25) is 0 Å². The van der Waals surface area contributed by atoms with E-state index in [9.17, 15) is 0 Å². The fourth-order valence-electron chi connectivity index (χ4n) is 2.87. The van der Waals surface area contributed by atoms with E-state index in [1.165, 1.54) is 25.7 Å². The molecule has 0 radical (unpaired) electrons. The van der Waals surface area contributed by atoms with Gasteiger partial charge in [-0.3, -0.25) is 0 Å². The summed E-state index contributed by atoms with van der Waals surface area (Å²) in [4.78, 5) is 4.68. The smallest absolute Gasteiger partial charge is 0.125 e. The maximum atomic E-state index is 6.08. The Balaban J connectivity index is 1.71. The van der Waals surface area contributed by atoms with Crippen LogP contribution in [0.5, 0.6) is 0 Å². The molecule has 3 heterocycles. The summed E-state index contributed by atoms with van der Waals surface area (Å²) >= 11 is 0. The molecule has 2 aliphatic heterocycles. The molecule has 2 aliphatic rings. The first kappa shape index (κ1) is 11.2. The molecule has 2 N–H and O–H groups in total. The summed E-state index contributed by atoms with van der Waals surface area (Å²) in [6, 6.07) is 0.129. The zero-order valence-corrected chi connectivity index (χ0v) is 10.3. The molecule has 4 nitrogen and oxygen atoms in total. The molecule has 0 amide bonds. The van der Waals surface area contributed by atoms with Gasteiger partial charge in [-0.2, -0.15) is 0 Å². The highest BCUT2D eigenvalue weighted by Gasteiger charge is 2.21. The van der Waals surface area contributed by atoms with Gasteiger partial charge in [-0.1, -0.05) is 0 Å². The first-order valence-corrected chi connectivity index (χ1v) is 6.76. The van der Waals surface area contributed by atoms with E-state index < -0.39 is 0 Å². The van der Waals surface area contributed by atoms with E-state index in [0.717, 1.165) is 37.5 Å². The average Bonchev–Trinajstić information content (AvgIpc) is 2.74. The van der Waals surface area contributed by atoms with Crippen LogP contribution >= 0.6 is 0 Å². The Morgan fingerprint density at radius 1 is 1.35 bits per heavy atom. The lowest BCUT2D eigenvalue weighted by atomic mass is 10.1. The van der Waals surface area contributed by atoms with Crippen LogP contribution in [0.3, 0.4) is 0 Å². The van der Waals surface area contributed by atoms with Crippen LogP contribution in [0, 0.1) is 0 Å². The average molecular weight is 235 g/mol. The van der Waals surface area contributed by atoms with Gasteiger partial charge in [0.15, 0.2) is 0 Å². The summed E-state index contributed by atoms with van der Waals surface area (Å²) in [6.07, 6.45) is 9.41. The zero-order chi connectivity index (χ0) is 11.7. The van der Waals surface area contributed by atoms with Crippen molar-refractivity contribution in [2.24, 2.45) is 5.73 Å². The lowest BCUT2D eigenvalue weighted by Crippen LogP contribution is -2.22. The fourth-order valence-corrected chi connectivity index (χ4v) is 2.87. The maximum absolute atomic E-state index is 6.08. The second kappa shape index (κ2) is 4.78. The van der Waals surface area contributed by atoms with Crippen molar-refractivity contribution in [1.82, 2.24) is 9.55 Å². The highest BCUT2D eigenvalue weighted by atomic mass is 16.5. The molecular formula is C13H21N3O. The third-order valence-corrected chi connectivity index (χ3v) is 3.81. The van der Waals surface area contributed by atoms with Crippen molar-refractivity contribution < 1.29 is 4.74 Å². The van der Waals surface area contributed by atoms with E-state index in [-0.39, 0.29) is 6.04 Å². The van der Waals surface area contributed by atoms with Crippen LogP contribution in [0.4, 0.5) is 0 Å². The predicted molar refractivity (Wildman–Crippen MR) is 65.7 cm³/mol. The van der Waals surface area contributed by atoms with Gasteiger partial charge < -0.3 is 15.0 Å². The molecule has 2 unspecified atom stereocenters. The third kappa shape index (κ3) is 2.38. The highest BCUT2D eigenvalue weighted by molar-refractivity contribution is 5.10. The molecule has 0 bridgehead atoms. The molecule has 1 saturated heterocycles. The van der Waals surface area contributed by atoms with Gasteiger partial charge in [0.25, 0.3) is 0 Å². The van der Waals surface area contributed by atoms with Crippen LogP contribution in [-0.2, 0) is 17.7 Å². The monoisotopic (exact) mass is 235 g/mol. The molecule has 4 heteroatoms. The van der Waals surface area contributed by atoms with Crippen molar-refractivity contribution in [3.63, 3.8) is 0 Å². The topological polar surface area (TPSA) is 53.1 Å². The van der Waals surface area contributed by atoms with Crippen molar-refractivity contribution in [2.45, 2.75) is 57.2 Å². The molecule has 1 aromatic rings. The summed E-state index contributed by atoms with van der Waals surface area (Å²) in [5.41, 5.74) is 7.23. The summed E-state index contributed by atoms with van der Waals surface area (Å²) in [5, 5.41) is 0. The van der Waals surface area contributed by atoms with Crippen molar-refractivity contribution >= 4 is 0 Å². The van der Waals surface area contributed by atoms with Gasteiger partial charge in [-0.15, -0.1) is 0 Å². The van der Waals surface area contributed by atoms with Gasteiger partial charge >= 0.3 is 0 Å². The number of aromatic nitrogens is 2. The van der Waals surface area contributed by atoms with Gasteiger partial charge in [0.05, 0.1) is 17.8 Å². The molecule has 17 heavy (non-hydrogen) atoms. The molecule has 3 rings (SSSR count). The maximum Gasteiger partial charge on any atom is 0.125 e. The zero-order valence-electron chi connectivity index (χ0n) is 10.3. The van der Waals surface area contributed by atoms with E-state index in [1.54, 1.807) is 0 Å². The van der Waals surface area contributed by atoms with E-state index in [1.807, 2.05) is 0 Å². The van der Waals surface area contributed by atoms with Crippen LogP contribution < -0.4 is 5.73 Å². The lowest BCUT2D eigenvalue weighted by molar-refractivity contribution is 0.0163. The van der Waals surface area contributed by atoms with E-state index in [2.05, 4.69) is 15.7 Å². The number of nitrogens with zero attached hydrogens (tertiary/aromatic N) is 2. The Kier molecular flexibility index (Phi) is 3.16. The summed E-state index contributed by atoms with van der Waals surface area (Å²) in [6.45, 7) is 1.99. The van der Waals surface area contributed by atoms with Gasteiger partial charge in [-0.05, 0) is 32.1 Å². The molecular weight excluding hydrogens is 214 g/mol. The summed E-state index contributed by atoms with van der Waals surface area (Å²) in [5.74, 6) is 1.07. The van der Waals surface area contributed by atoms with Crippen molar-refractivity contribution in [1.29, 1.82) is 0 Å². The Morgan fingerprint density at radius 2 is 2.29 bits per heavy atom. The second-order valence-corrected chi connectivity index (χ2v) is 5.23. The van der Waals surface area contributed by atoms with Crippen LogP contribution in [-0.4, -0.2) is 22.3 Å². The lowest BCUT2D eigenvalue weighted by Gasteiger charge is -2.21. The van der Waals surface area contributed by atoms with Gasteiger partial charge in [0, 0.05) is 25.8 Å². The first-order valence-electron chi connectivity index (χ1n) is 6.76. The quantitative estimate of drug-likeness (QED) is 0.850. The first-order chi connectivity index (χ1) is 8.33. The van der Waals surface area contributed by atoms with Crippen LogP contribution in [0.25, 0.3) is 0 Å².